The van der Waals surface area contributed by atoms with Crippen LogP contribution in [0.1, 0.15) is 12.8 Å². The van der Waals surface area contributed by atoms with Gasteiger partial charge in [-0.1, -0.05) is 47.5 Å². The lowest BCUT2D eigenvalue weighted by Crippen LogP contribution is -2.30. The molecular formula is C14H14Cl4O2. The fraction of sp³-hybridized carbons (Fsp3) is 0.429. The Morgan fingerprint density at radius 1 is 0.850 bits per heavy atom. The van der Waals surface area contributed by atoms with E-state index in [1.165, 1.54) is 0 Å². The molecule has 2 nitrogen and oxygen atoms in total. The molecule has 2 aliphatic carbocycles. The number of hydrogen-bond acceptors (Lipinski definition) is 2. The highest BCUT2D eigenvalue weighted by Crippen LogP contribution is 2.31. The molecule has 0 heterocycles. The summed E-state index contributed by atoms with van der Waals surface area (Å²) >= 11 is 24.4. The smallest absolute Gasteiger partial charge is 0.105 e. The predicted molar refractivity (Wildman–Crippen MR) is 84.5 cm³/mol. The maximum absolute atomic E-state index is 6.35. The summed E-state index contributed by atoms with van der Waals surface area (Å²) in [5.41, 5.74) is 0. The Labute approximate surface area is 138 Å². The molecule has 2 aliphatic rings. The Morgan fingerprint density at radius 2 is 1.25 bits per heavy atom. The van der Waals surface area contributed by atoms with Crippen molar-refractivity contribution in [1.29, 1.82) is 0 Å². The average molecular weight is 356 g/mol. The van der Waals surface area contributed by atoms with E-state index >= 15 is 0 Å². The highest BCUT2D eigenvalue weighted by molar-refractivity contribution is 6.32. The van der Waals surface area contributed by atoms with E-state index in [9.17, 15) is 0 Å². The normalized spacial score (nSPS) is 33.0. The molecule has 0 amide bonds. The van der Waals surface area contributed by atoms with Crippen molar-refractivity contribution in [3.05, 3.63) is 46.5 Å². The molecular weight excluding hydrogens is 342 g/mol. The molecule has 2 rings (SSSR count). The van der Waals surface area contributed by atoms with E-state index in [-0.39, 0.29) is 13.2 Å². The van der Waals surface area contributed by atoms with Crippen LogP contribution in [0, 0.1) is 0 Å². The molecule has 110 valence electrons. The first-order chi connectivity index (χ1) is 9.41. The molecule has 0 N–H and O–H groups in total. The summed E-state index contributed by atoms with van der Waals surface area (Å²) in [7, 11) is 0. The standard InChI is InChI=1S/C14H14Cl4O2/c15-11-1-5-13(17,6-2-11)9-19-20-10-14(18)7-3-12(16)4-8-14/h1-5,7H,6,8-10H2. The van der Waals surface area contributed by atoms with Gasteiger partial charge in [-0.3, -0.25) is 0 Å². The van der Waals surface area contributed by atoms with Crippen LogP contribution >= 0.6 is 46.4 Å². The number of rotatable bonds is 5. The van der Waals surface area contributed by atoms with Crippen LogP contribution in [0.15, 0.2) is 46.5 Å². The molecule has 2 unspecified atom stereocenters. The summed E-state index contributed by atoms with van der Waals surface area (Å²) in [4.78, 5) is 9.11. The highest BCUT2D eigenvalue weighted by atomic mass is 35.5. The van der Waals surface area contributed by atoms with Gasteiger partial charge in [0.05, 0.1) is 9.75 Å². The summed E-state index contributed by atoms with van der Waals surface area (Å²) in [6.07, 6.45) is 12.0. The second-order valence-electron chi connectivity index (χ2n) is 4.85. The van der Waals surface area contributed by atoms with Crippen LogP contribution in [0.3, 0.4) is 0 Å². The van der Waals surface area contributed by atoms with Gasteiger partial charge in [-0.15, -0.1) is 23.2 Å². The third-order valence-electron chi connectivity index (χ3n) is 3.04. The zero-order valence-corrected chi connectivity index (χ0v) is 13.6. The summed E-state index contributed by atoms with van der Waals surface area (Å²) in [6.45, 7) is 0.442. The molecule has 20 heavy (non-hydrogen) atoms. The van der Waals surface area contributed by atoms with Crippen molar-refractivity contribution in [3.63, 3.8) is 0 Å². The van der Waals surface area contributed by atoms with Gasteiger partial charge in [0.15, 0.2) is 0 Å². The minimum atomic E-state index is -0.622. The van der Waals surface area contributed by atoms with Gasteiger partial charge in [-0.25, -0.2) is 9.78 Å². The first-order valence-electron chi connectivity index (χ1n) is 6.13. The largest absolute Gasteiger partial charge is 0.234 e. The van der Waals surface area contributed by atoms with Crippen molar-refractivity contribution < 1.29 is 9.78 Å². The Bertz CT molecular complexity index is 440. The molecule has 0 bridgehead atoms. The quantitative estimate of drug-likeness (QED) is 0.297. The van der Waals surface area contributed by atoms with Crippen LogP contribution in [0.5, 0.6) is 0 Å². The second-order valence-corrected chi connectivity index (χ2v) is 7.22. The van der Waals surface area contributed by atoms with Crippen LogP contribution in [-0.4, -0.2) is 23.0 Å². The van der Waals surface area contributed by atoms with E-state index in [2.05, 4.69) is 0 Å². The zero-order chi connectivity index (χ0) is 14.6. The summed E-state index contributed by atoms with van der Waals surface area (Å²) in [6, 6.07) is 0. The fourth-order valence-electron chi connectivity index (χ4n) is 1.76. The van der Waals surface area contributed by atoms with E-state index in [1.807, 2.05) is 12.2 Å². The number of hydrogen-bond donors (Lipinski definition) is 0. The van der Waals surface area contributed by atoms with Crippen LogP contribution in [0.25, 0.3) is 0 Å². The van der Waals surface area contributed by atoms with Crippen molar-refractivity contribution in [2.75, 3.05) is 13.2 Å². The van der Waals surface area contributed by atoms with Crippen LogP contribution in [0.2, 0.25) is 0 Å². The van der Waals surface area contributed by atoms with Gasteiger partial charge in [-0.05, 0) is 25.0 Å². The summed E-state index contributed by atoms with van der Waals surface area (Å²) < 4.78 is 0. The second kappa shape index (κ2) is 6.87. The number of alkyl halides is 2. The lowest BCUT2D eigenvalue weighted by molar-refractivity contribution is -0.299. The lowest BCUT2D eigenvalue weighted by atomic mass is 10.0. The molecule has 0 aromatic heterocycles. The monoisotopic (exact) mass is 354 g/mol. The van der Waals surface area contributed by atoms with Crippen molar-refractivity contribution >= 4 is 46.4 Å². The molecule has 0 saturated heterocycles. The molecule has 0 saturated carbocycles. The van der Waals surface area contributed by atoms with Crippen LogP contribution in [-0.2, 0) is 9.78 Å². The first kappa shape index (κ1) is 16.4. The van der Waals surface area contributed by atoms with Gasteiger partial charge < -0.3 is 0 Å². The molecule has 0 radical (unpaired) electrons. The predicted octanol–water partition coefficient (Wildman–Crippen LogP) is 5.06. The minimum Gasteiger partial charge on any atom is -0.234 e. The Hall–Kier alpha value is 0.0400. The summed E-state index contributed by atoms with van der Waals surface area (Å²) in [5, 5.41) is 1.36. The first-order valence-corrected chi connectivity index (χ1v) is 7.64. The maximum atomic E-state index is 6.35. The molecule has 0 fully saturated rings. The highest BCUT2D eigenvalue weighted by Gasteiger charge is 2.29. The van der Waals surface area contributed by atoms with E-state index < -0.39 is 9.75 Å². The van der Waals surface area contributed by atoms with Crippen LogP contribution < -0.4 is 0 Å². The van der Waals surface area contributed by atoms with E-state index in [0.717, 1.165) is 0 Å². The van der Waals surface area contributed by atoms with Gasteiger partial charge in [0.1, 0.15) is 13.2 Å². The molecule has 0 spiro atoms. The van der Waals surface area contributed by atoms with Crippen molar-refractivity contribution in [3.8, 4) is 0 Å². The third kappa shape index (κ3) is 4.80. The molecule has 0 aromatic rings. The third-order valence-corrected chi connectivity index (χ3v) is 4.38. The van der Waals surface area contributed by atoms with Gasteiger partial charge in [-0.2, -0.15) is 0 Å². The lowest BCUT2D eigenvalue weighted by Gasteiger charge is -2.26. The summed E-state index contributed by atoms with van der Waals surface area (Å²) in [5.74, 6) is 0. The van der Waals surface area contributed by atoms with Crippen molar-refractivity contribution in [2.24, 2.45) is 0 Å². The van der Waals surface area contributed by atoms with Crippen molar-refractivity contribution in [2.45, 2.75) is 22.6 Å². The van der Waals surface area contributed by atoms with Gasteiger partial charge in [0, 0.05) is 10.1 Å². The zero-order valence-electron chi connectivity index (χ0n) is 10.6. The maximum Gasteiger partial charge on any atom is 0.105 e. The van der Waals surface area contributed by atoms with Gasteiger partial charge >= 0.3 is 0 Å². The number of allylic oxidation sites excluding steroid dienone is 6. The van der Waals surface area contributed by atoms with Gasteiger partial charge in [0.25, 0.3) is 0 Å². The van der Waals surface area contributed by atoms with Crippen molar-refractivity contribution in [1.82, 2.24) is 0 Å². The molecule has 0 aromatic carbocycles. The Morgan fingerprint density at radius 3 is 1.55 bits per heavy atom. The molecule has 2 atom stereocenters. The minimum absolute atomic E-state index is 0.221. The molecule has 6 heteroatoms. The Balaban J connectivity index is 1.72. The average Bonchev–Trinajstić information content (AvgIpc) is 2.43. The van der Waals surface area contributed by atoms with Gasteiger partial charge in [0.2, 0.25) is 0 Å². The van der Waals surface area contributed by atoms with E-state index in [1.54, 1.807) is 24.3 Å². The SMILES string of the molecule is ClC1=CCC(Cl)(COOCC2(Cl)C=CC(Cl)=CC2)C=C1. The number of halogens is 4. The fourth-order valence-corrected chi connectivity index (χ4v) is 2.41. The van der Waals surface area contributed by atoms with E-state index in [4.69, 9.17) is 56.2 Å². The van der Waals surface area contributed by atoms with Crippen LogP contribution in [0.4, 0.5) is 0 Å². The topological polar surface area (TPSA) is 18.5 Å². The molecule has 0 aliphatic heterocycles. The van der Waals surface area contributed by atoms with E-state index in [0.29, 0.717) is 22.9 Å². The Kier molecular flexibility index (Phi) is 5.63.